The zero-order valence-electron chi connectivity index (χ0n) is 19.7. The monoisotopic (exact) mass is 424 g/mol. The number of hydrogen-bond donors (Lipinski definition) is 2. The Hall–Kier alpha value is -2.82. The van der Waals surface area contributed by atoms with Crippen LogP contribution in [0.2, 0.25) is 0 Å². The molecule has 1 atom stereocenters. The van der Waals surface area contributed by atoms with Crippen LogP contribution in [0.1, 0.15) is 68.4 Å². The maximum atomic E-state index is 12.8. The van der Waals surface area contributed by atoms with Gasteiger partial charge in [-0.15, -0.1) is 0 Å². The van der Waals surface area contributed by atoms with Gasteiger partial charge in [-0.2, -0.15) is 0 Å². The van der Waals surface area contributed by atoms with E-state index >= 15 is 0 Å². The molecule has 0 aliphatic rings. The van der Waals surface area contributed by atoms with Crippen LogP contribution in [-0.4, -0.2) is 24.5 Å². The molecule has 0 saturated heterocycles. The molecule has 0 aromatic heterocycles. The fraction of sp³-hybridized carbons (Fsp3) is 0.462. The van der Waals surface area contributed by atoms with E-state index in [9.17, 15) is 9.59 Å². The maximum absolute atomic E-state index is 12.8. The summed E-state index contributed by atoms with van der Waals surface area (Å²) in [7, 11) is 0. The maximum Gasteiger partial charge on any atom is 0.251 e. The van der Waals surface area contributed by atoms with Crippen LogP contribution in [0.4, 0.5) is 5.69 Å². The van der Waals surface area contributed by atoms with Gasteiger partial charge in [-0.05, 0) is 81.5 Å². The van der Waals surface area contributed by atoms with Gasteiger partial charge in [0.25, 0.3) is 5.91 Å². The summed E-state index contributed by atoms with van der Waals surface area (Å²) >= 11 is 0. The van der Waals surface area contributed by atoms with Gasteiger partial charge in [-0.1, -0.05) is 32.9 Å². The highest BCUT2D eigenvalue weighted by Gasteiger charge is 2.27. The lowest BCUT2D eigenvalue weighted by Gasteiger charge is -2.24. The van der Waals surface area contributed by atoms with E-state index in [1.807, 2.05) is 47.6 Å². The molecule has 2 amide bonds. The third-order valence-corrected chi connectivity index (χ3v) is 5.56. The second-order valence-electron chi connectivity index (χ2n) is 8.92. The lowest BCUT2D eigenvalue weighted by Crippen LogP contribution is -2.32. The SMILES string of the molecule is CCC(C)NC(=O)c1ccc(NC(=O)C(C)(C)CCCOc2cc(C)ccc2C)cc1. The van der Waals surface area contributed by atoms with Crippen LogP contribution >= 0.6 is 0 Å². The summed E-state index contributed by atoms with van der Waals surface area (Å²) in [5, 5.41) is 5.90. The fourth-order valence-electron chi connectivity index (χ4n) is 3.09. The summed E-state index contributed by atoms with van der Waals surface area (Å²) in [5.41, 5.74) is 3.02. The van der Waals surface area contributed by atoms with Crippen molar-refractivity contribution < 1.29 is 14.3 Å². The van der Waals surface area contributed by atoms with Gasteiger partial charge in [0.1, 0.15) is 5.75 Å². The summed E-state index contributed by atoms with van der Waals surface area (Å²) < 4.78 is 5.91. The second-order valence-corrected chi connectivity index (χ2v) is 8.92. The molecule has 0 spiro atoms. The first-order valence-electron chi connectivity index (χ1n) is 11.0. The number of benzene rings is 2. The average Bonchev–Trinajstić information content (AvgIpc) is 2.73. The van der Waals surface area contributed by atoms with Gasteiger partial charge in [0, 0.05) is 22.7 Å². The molecule has 0 aliphatic carbocycles. The highest BCUT2D eigenvalue weighted by molar-refractivity contribution is 5.97. The molecule has 1 unspecified atom stereocenters. The molecule has 2 aromatic carbocycles. The van der Waals surface area contributed by atoms with Gasteiger partial charge >= 0.3 is 0 Å². The van der Waals surface area contributed by atoms with Gasteiger partial charge in [0.15, 0.2) is 0 Å². The van der Waals surface area contributed by atoms with Crippen molar-refractivity contribution in [3.05, 3.63) is 59.2 Å². The Balaban J connectivity index is 1.84. The first-order valence-corrected chi connectivity index (χ1v) is 11.0. The Kier molecular flexibility index (Phi) is 8.66. The minimum Gasteiger partial charge on any atom is -0.493 e. The minimum absolute atomic E-state index is 0.0453. The van der Waals surface area contributed by atoms with Gasteiger partial charge in [0.05, 0.1) is 6.61 Å². The smallest absolute Gasteiger partial charge is 0.251 e. The topological polar surface area (TPSA) is 67.4 Å². The molecule has 5 heteroatoms. The Morgan fingerprint density at radius 3 is 2.39 bits per heavy atom. The molecule has 2 N–H and O–H groups in total. The van der Waals surface area contributed by atoms with Gasteiger partial charge in [-0.25, -0.2) is 0 Å². The molecule has 0 heterocycles. The number of ether oxygens (including phenoxy) is 1. The van der Waals surface area contributed by atoms with E-state index in [4.69, 9.17) is 4.74 Å². The van der Waals surface area contributed by atoms with Gasteiger partial charge in [-0.3, -0.25) is 9.59 Å². The van der Waals surface area contributed by atoms with E-state index in [1.54, 1.807) is 24.3 Å². The molecule has 2 aromatic rings. The van der Waals surface area contributed by atoms with Crippen molar-refractivity contribution in [3.8, 4) is 5.75 Å². The predicted molar refractivity (Wildman–Crippen MR) is 127 cm³/mol. The van der Waals surface area contributed by atoms with Gasteiger partial charge in [0.2, 0.25) is 5.91 Å². The third kappa shape index (κ3) is 7.42. The van der Waals surface area contributed by atoms with Crippen molar-refractivity contribution in [2.45, 2.75) is 66.8 Å². The van der Waals surface area contributed by atoms with Crippen molar-refractivity contribution in [2.75, 3.05) is 11.9 Å². The standard InChI is InChI=1S/C26H36N2O3/c1-7-20(4)27-24(29)21-11-13-22(14-12-21)28-25(30)26(5,6)15-8-16-31-23-17-18(2)9-10-19(23)3/h9-14,17,20H,7-8,15-16H2,1-6H3,(H,27,29)(H,28,30). The molecule has 31 heavy (non-hydrogen) atoms. The Labute approximate surface area is 186 Å². The largest absolute Gasteiger partial charge is 0.493 e. The summed E-state index contributed by atoms with van der Waals surface area (Å²) in [6, 6.07) is 13.3. The lowest BCUT2D eigenvalue weighted by molar-refractivity contribution is -0.124. The Morgan fingerprint density at radius 1 is 1.06 bits per heavy atom. The molecule has 0 bridgehead atoms. The number of hydrogen-bond acceptors (Lipinski definition) is 3. The third-order valence-electron chi connectivity index (χ3n) is 5.56. The van der Waals surface area contributed by atoms with Crippen molar-refractivity contribution in [1.82, 2.24) is 5.32 Å². The quantitative estimate of drug-likeness (QED) is 0.484. The zero-order chi connectivity index (χ0) is 23.0. The van der Waals surface area contributed by atoms with Crippen molar-refractivity contribution in [3.63, 3.8) is 0 Å². The van der Waals surface area contributed by atoms with Crippen LogP contribution in [0.25, 0.3) is 0 Å². The van der Waals surface area contributed by atoms with Crippen LogP contribution < -0.4 is 15.4 Å². The number of aryl methyl sites for hydroxylation is 2. The number of anilines is 1. The summed E-state index contributed by atoms with van der Waals surface area (Å²) in [5.74, 6) is 0.757. The average molecular weight is 425 g/mol. The molecular weight excluding hydrogens is 388 g/mol. The number of amides is 2. The van der Waals surface area contributed by atoms with Crippen LogP contribution in [0, 0.1) is 19.3 Å². The van der Waals surface area contributed by atoms with Crippen molar-refractivity contribution in [1.29, 1.82) is 0 Å². The molecule has 0 saturated carbocycles. The van der Waals surface area contributed by atoms with E-state index in [2.05, 4.69) is 22.8 Å². The van der Waals surface area contributed by atoms with Crippen LogP contribution in [0.15, 0.2) is 42.5 Å². The summed E-state index contributed by atoms with van der Waals surface area (Å²) in [6.45, 7) is 12.5. The normalized spacial score (nSPS) is 12.2. The Morgan fingerprint density at radius 2 is 1.74 bits per heavy atom. The Bertz CT molecular complexity index is 888. The summed E-state index contributed by atoms with van der Waals surface area (Å²) in [6.07, 6.45) is 2.37. The summed E-state index contributed by atoms with van der Waals surface area (Å²) in [4.78, 5) is 25.0. The zero-order valence-corrected chi connectivity index (χ0v) is 19.7. The van der Waals surface area contributed by atoms with Crippen LogP contribution in [0.3, 0.4) is 0 Å². The lowest BCUT2D eigenvalue weighted by atomic mass is 9.87. The molecule has 2 rings (SSSR count). The molecule has 0 radical (unpaired) electrons. The predicted octanol–water partition coefficient (Wildman–Crippen LogP) is 5.66. The highest BCUT2D eigenvalue weighted by atomic mass is 16.5. The van der Waals surface area contributed by atoms with Crippen molar-refractivity contribution >= 4 is 17.5 Å². The van der Waals surface area contributed by atoms with E-state index in [0.29, 0.717) is 24.3 Å². The number of carbonyl (C=O) groups is 2. The highest BCUT2D eigenvalue weighted by Crippen LogP contribution is 2.26. The number of carbonyl (C=O) groups excluding carboxylic acids is 2. The van der Waals surface area contributed by atoms with E-state index in [0.717, 1.165) is 24.2 Å². The van der Waals surface area contributed by atoms with Crippen molar-refractivity contribution in [2.24, 2.45) is 5.41 Å². The molecule has 5 nitrogen and oxygen atoms in total. The van der Waals surface area contributed by atoms with E-state index < -0.39 is 5.41 Å². The second kappa shape index (κ2) is 11.0. The van der Waals surface area contributed by atoms with Gasteiger partial charge < -0.3 is 15.4 Å². The molecule has 0 aliphatic heterocycles. The number of rotatable bonds is 10. The molecular formula is C26H36N2O3. The van der Waals surface area contributed by atoms with Crippen LogP contribution in [0.5, 0.6) is 5.75 Å². The van der Waals surface area contributed by atoms with Crippen LogP contribution in [-0.2, 0) is 4.79 Å². The molecule has 168 valence electrons. The first-order chi connectivity index (χ1) is 14.6. The fourth-order valence-corrected chi connectivity index (χ4v) is 3.09. The first kappa shape index (κ1) is 24.4. The van der Waals surface area contributed by atoms with E-state index in [-0.39, 0.29) is 17.9 Å². The van der Waals surface area contributed by atoms with E-state index in [1.165, 1.54) is 5.56 Å². The minimum atomic E-state index is -0.530. The molecule has 0 fully saturated rings. The number of nitrogens with one attached hydrogen (secondary N) is 2.